The van der Waals surface area contributed by atoms with Crippen LogP contribution in [-0.2, 0) is 11.4 Å². The molecule has 3 aromatic rings. The Labute approximate surface area is 197 Å². The third-order valence-corrected chi connectivity index (χ3v) is 7.29. The number of aliphatic hydroxyl groups is 1. The van der Waals surface area contributed by atoms with Crippen LogP contribution in [0.25, 0.3) is 0 Å². The fourth-order valence-electron chi connectivity index (χ4n) is 3.84. The number of carbonyl (C=O) groups excluding carboxylic acids is 2. The molecule has 0 saturated carbocycles. The molecule has 0 radical (unpaired) electrons. The van der Waals surface area contributed by atoms with Gasteiger partial charge in [-0.3, -0.25) is 14.5 Å². The van der Waals surface area contributed by atoms with Gasteiger partial charge in [0, 0.05) is 17.9 Å². The van der Waals surface area contributed by atoms with E-state index in [2.05, 4.69) is 0 Å². The average molecular weight is 463 g/mol. The van der Waals surface area contributed by atoms with Crippen LogP contribution in [-0.4, -0.2) is 28.3 Å². The Morgan fingerprint density at radius 1 is 1.09 bits per heavy atom. The van der Waals surface area contributed by atoms with Crippen molar-refractivity contribution >= 4 is 29.3 Å². The predicted octanol–water partition coefficient (Wildman–Crippen LogP) is 4.28. The fraction of sp³-hybridized carbons (Fsp3) is 0.231. The summed E-state index contributed by atoms with van der Waals surface area (Å²) in [5.41, 5.74) is 8.39. The Balaban J connectivity index is 1.61. The summed E-state index contributed by atoms with van der Waals surface area (Å²) < 4.78 is 5.11. The zero-order valence-corrected chi connectivity index (χ0v) is 19.1. The van der Waals surface area contributed by atoms with E-state index in [0.717, 1.165) is 16.9 Å². The number of thioether (sulfide) groups is 1. The minimum atomic E-state index is -0.787. The summed E-state index contributed by atoms with van der Waals surface area (Å²) in [6, 6.07) is 24.4. The smallest absolute Gasteiger partial charge is 0.248 e. The minimum Gasteiger partial charge on any atom is -0.489 e. The number of hydrogen-bond acceptors (Lipinski definition) is 5. The molecule has 0 aliphatic carbocycles. The number of aliphatic hydroxyl groups excluding tert-OH is 1. The Morgan fingerprint density at radius 3 is 2.48 bits per heavy atom. The van der Waals surface area contributed by atoms with E-state index < -0.39 is 10.7 Å². The molecule has 1 aliphatic heterocycles. The lowest BCUT2D eigenvalue weighted by atomic mass is 10.0. The highest BCUT2D eigenvalue weighted by Gasteiger charge is 2.50. The van der Waals surface area contributed by atoms with Gasteiger partial charge in [-0.2, -0.15) is 0 Å². The van der Waals surface area contributed by atoms with Crippen molar-refractivity contribution in [2.24, 2.45) is 5.73 Å². The summed E-state index contributed by atoms with van der Waals surface area (Å²) in [4.78, 5) is 26.8. The highest BCUT2D eigenvalue weighted by atomic mass is 32.2. The van der Waals surface area contributed by atoms with Gasteiger partial charge in [-0.25, -0.2) is 0 Å². The predicted molar refractivity (Wildman–Crippen MR) is 130 cm³/mol. The first kappa shape index (κ1) is 22.9. The molecule has 1 heterocycles. The van der Waals surface area contributed by atoms with Crippen LogP contribution < -0.4 is 15.4 Å². The molecule has 1 fully saturated rings. The highest BCUT2D eigenvalue weighted by molar-refractivity contribution is 8.02. The first-order valence-corrected chi connectivity index (χ1v) is 11.6. The molecule has 0 bridgehead atoms. The number of hydrogen-bond donors (Lipinski definition) is 2. The van der Waals surface area contributed by atoms with E-state index in [1.54, 1.807) is 29.2 Å². The molecule has 1 aliphatic rings. The summed E-state index contributed by atoms with van der Waals surface area (Å²) in [7, 11) is 0. The van der Waals surface area contributed by atoms with Crippen molar-refractivity contribution in [3.63, 3.8) is 0 Å². The number of nitrogens with zero attached hydrogens (tertiary/aromatic N) is 1. The van der Waals surface area contributed by atoms with Gasteiger partial charge < -0.3 is 15.6 Å². The van der Waals surface area contributed by atoms with Gasteiger partial charge >= 0.3 is 0 Å². The first-order valence-electron chi connectivity index (χ1n) is 10.7. The maximum Gasteiger partial charge on any atom is 0.248 e. The quantitative estimate of drug-likeness (QED) is 0.521. The van der Waals surface area contributed by atoms with E-state index in [1.807, 2.05) is 61.5 Å². The maximum absolute atomic E-state index is 13.5. The minimum absolute atomic E-state index is 0.0939. The lowest BCUT2D eigenvalue weighted by Gasteiger charge is -2.25. The molecule has 33 heavy (non-hydrogen) atoms. The van der Waals surface area contributed by atoms with Crippen LogP contribution in [0.5, 0.6) is 5.75 Å². The van der Waals surface area contributed by atoms with E-state index >= 15 is 0 Å². The fourth-order valence-corrected chi connectivity index (χ4v) is 5.36. The number of primary amides is 1. The van der Waals surface area contributed by atoms with E-state index in [9.17, 15) is 14.7 Å². The second kappa shape index (κ2) is 9.68. The third-order valence-electron chi connectivity index (χ3n) is 5.69. The molecular formula is C26H26N2O4S. The maximum atomic E-state index is 13.5. The van der Waals surface area contributed by atoms with Crippen LogP contribution in [0.1, 0.15) is 40.2 Å². The summed E-state index contributed by atoms with van der Waals surface area (Å²) in [6.07, 6.45) is 0.331. The first-order chi connectivity index (χ1) is 15.9. The van der Waals surface area contributed by atoms with E-state index in [1.165, 1.54) is 11.8 Å². The lowest BCUT2D eigenvalue weighted by Crippen LogP contribution is -2.38. The van der Waals surface area contributed by atoms with E-state index in [4.69, 9.17) is 10.5 Å². The summed E-state index contributed by atoms with van der Waals surface area (Å²) in [5.74, 6) is 0.0700. The van der Waals surface area contributed by atoms with Crippen LogP contribution in [0.2, 0.25) is 0 Å². The standard InChI is InChI=1S/C26H26N2O4S/c1-26(14-15-29)25(31)28(21-9-5-8-20(16-21)23(27)30)24(33-26)19-10-12-22(13-11-19)32-17-18-6-3-2-4-7-18/h2-13,16,24,29H,14-15,17H2,1H3,(H2,27,30)/t24-,26+/m0/s1. The number of amides is 2. The van der Waals surface area contributed by atoms with Crippen LogP contribution >= 0.6 is 11.8 Å². The summed E-state index contributed by atoms with van der Waals surface area (Å²) in [5, 5.41) is 9.25. The largest absolute Gasteiger partial charge is 0.489 e. The van der Waals surface area contributed by atoms with Crippen LogP contribution in [0.3, 0.4) is 0 Å². The van der Waals surface area contributed by atoms with Crippen molar-refractivity contribution < 1.29 is 19.4 Å². The zero-order chi connectivity index (χ0) is 23.4. The van der Waals surface area contributed by atoms with Gasteiger partial charge in [0.1, 0.15) is 17.7 Å². The van der Waals surface area contributed by atoms with Crippen molar-refractivity contribution in [1.82, 2.24) is 0 Å². The number of rotatable bonds is 8. The molecule has 7 heteroatoms. The van der Waals surface area contributed by atoms with Gasteiger partial charge in [-0.05, 0) is 54.8 Å². The molecule has 1 saturated heterocycles. The normalized spacial score (nSPS) is 20.1. The molecule has 2 atom stereocenters. The summed E-state index contributed by atoms with van der Waals surface area (Å²) >= 11 is 1.49. The SMILES string of the molecule is C[C@]1(CCO)S[C@@H](c2ccc(OCc3ccccc3)cc2)N(c2cccc(C(N)=O)c2)C1=O. The molecule has 170 valence electrons. The monoisotopic (exact) mass is 462 g/mol. The number of nitrogens with two attached hydrogens (primary N) is 1. The zero-order valence-electron chi connectivity index (χ0n) is 18.3. The van der Waals surface area contributed by atoms with E-state index in [0.29, 0.717) is 24.3 Å². The molecule has 6 nitrogen and oxygen atoms in total. The highest BCUT2D eigenvalue weighted by Crippen LogP contribution is 2.52. The topological polar surface area (TPSA) is 92.9 Å². The van der Waals surface area contributed by atoms with E-state index in [-0.39, 0.29) is 17.9 Å². The van der Waals surface area contributed by atoms with Crippen LogP contribution in [0.4, 0.5) is 5.69 Å². The Kier molecular flexibility index (Phi) is 6.72. The number of anilines is 1. The van der Waals surface area contributed by atoms with Gasteiger partial charge in [0.05, 0.1) is 4.75 Å². The van der Waals surface area contributed by atoms with Crippen molar-refractivity contribution in [3.05, 3.63) is 95.6 Å². The van der Waals surface area contributed by atoms with Gasteiger partial charge in [-0.15, -0.1) is 11.8 Å². The van der Waals surface area contributed by atoms with Crippen LogP contribution in [0.15, 0.2) is 78.9 Å². The molecule has 0 unspecified atom stereocenters. The lowest BCUT2D eigenvalue weighted by molar-refractivity contribution is -0.120. The second-order valence-electron chi connectivity index (χ2n) is 8.11. The molecule has 2 amide bonds. The number of benzene rings is 3. The number of carbonyl (C=O) groups is 2. The average Bonchev–Trinajstić information content (AvgIpc) is 3.09. The molecule has 3 aromatic carbocycles. The van der Waals surface area contributed by atoms with Crippen LogP contribution in [0, 0.1) is 0 Å². The Bertz CT molecular complexity index is 1140. The number of ether oxygens (including phenoxy) is 1. The Morgan fingerprint density at radius 2 is 1.82 bits per heavy atom. The van der Waals surface area contributed by atoms with Crippen molar-refractivity contribution in [1.29, 1.82) is 0 Å². The van der Waals surface area contributed by atoms with Gasteiger partial charge in [-0.1, -0.05) is 48.5 Å². The van der Waals surface area contributed by atoms with Crippen molar-refractivity contribution in [2.75, 3.05) is 11.5 Å². The molecule has 0 spiro atoms. The van der Waals surface area contributed by atoms with Gasteiger partial charge in [0.25, 0.3) is 0 Å². The molecule has 0 aromatic heterocycles. The third kappa shape index (κ3) is 4.89. The van der Waals surface area contributed by atoms with Crippen molar-refractivity contribution in [3.8, 4) is 5.75 Å². The summed E-state index contributed by atoms with van der Waals surface area (Å²) in [6.45, 7) is 2.22. The van der Waals surface area contributed by atoms with Crippen molar-refractivity contribution in [2.45, 2.75) is 30.1 Å². The molecular weight excluding hydrogens is 436 g/mol. The Hall–Kier alpha value is -3.29. The van der Waals surface area contributed by atoms with Gasteiger partial charge in [0.15, 0.2) is 0 Å². The molecule has 4 rings (SSSR count). The van der Waals surface area contributed by atoms with Gasteiger partial charge in [0.2, 0.25) is 11.8 Å². The second-order valence-corrected chi connectivity index (χ2v) is 9.69. The molecule has 3 N–H and O–H groups in total.